The zero-order chi connectivity index (χ0) is 13.4. The van der Waals surface area contributed by atoms with Gasteiger partial charge in [0.05, 0.1) is 12.7 Å². The van der Waals surface area contributed by atoms with Gasteiger partial charge < -0.3 is 14.9 Å². The highest BCUT2D eigenvalue weighted by Gasteiger charge is 2.12. The minimum absolute atomic E-state index is 0.352. The summed E-state index contributed by atoms with van der Waals surface area (Å²) < 4.78 is 23.7. The fraction of sp³-hybridized carbons (Fsp3) is 0.0714. The molecule has 0 amide bonds. The van der Waals surface area contributed by atoms with Crippen LogP contribution >= 0.6 is 0 Å². The molecule has 0 bridgehead atoms. The first kappa shape index (κ1) is 11.5. The fourth-order valence-corrected chi connectivity index (χ4v) is 1.88. The van der Waals surface area contributed by atoms with Crippen LogP contribution in [-0.4, -0.2) is 12.1 Å². The lowest BCUT2D eigenvalue weighted by atomic mass is 10.1. The number of nitrogen functional groups attached to an aromatic ring is 1. The van der Waals surface area contributed by atoms with Crippen molar-refractivity contribution in [1.82, 2.24) is 4.98 Å². The molecule has 2 N–H and O–H groups in total. The SMILES string of the molecule is COc1ccc(-c2nc3cc(F)ccc3o2)c(N)c1. The van der Waals surface area contributed by atoms with Gasteiger partial charge in [-0.3, -0.25) is 0 Å². The predicted octanol–water partition coefficient (Wildman–Crippen LogP) is 3.22. The fourth-order valence-electron chi connectivity index (χ4n) is 1.88. The summed E-state index contributed by atoms with van der Waals surface area (Å²) in [5, 5.41) is 0. The monoisotopic (exact) mass is 258 g/mol. The summed E-state index contributed by atoms with van der Waals surface area (Å²) in [5.74, 6) is 0.666. The van der Waals surface area contributed by atoms with Gasteiger partial charge in [-0.25, -0.2) is 9.37 Å². The van der Waals surface area contributed by atoms with Crippen LogP contribution in [0.1, 0.15) is 0 Å². The topological polar surface area (TPSA) is 61.3 Å². The Kier molecular flexibility index (Phi) is 2.59. The van der Waals surface area contributed by atoms with E-state index in [-0.39, 0.29) is 5.82 Å². The lowest BCUT2D eigenvalue weighted by molar-refractivity contribution is 0.415. The third-order valence-electron chi connectivity index (χ3n) is 2.84. The molecule has 19 heavy (non-hydrogen) atoms. The van der Waals surface area contributed by atoms with Crippen molar-refractivity contribution < 1.29 is 13.5 Å². The van der Waals surface area contributed by atoms with Gasteiger partial charge in [0.1, 0.15) is 17.1 Å². The van der Waals surface area contributed by atoms with Gasteiger partial charge in [0.25, 0.3) is 0 Å². The molecule has 0 aliphatic carbocycles. The van der Waals surface area contributed by atoms with E-state index in [9.17, 15) is 4.39 Å². The van der Waals surface area contributed by atoms with Crippen molar-refractivity contribution in [3.8, 4) is 17.2 Å². The number of halogens is 1. The molecule has 96 valence electrons. The number of anilines is 1. The van der Waals surface area contributed by atoms with Crippen LogP contribution < -0.4 is 10.5 Å². The Labute approximate surface area is 108 Å². The molecule has 0 saturated heterocycles. The van der Waals surface area contributed by atoms with E-state index in [1.165, 1.54) is 12.1 Å². The van der Waals surface area contributed by atoms with Crippen molar-refractivity contribution in [1.29, 1.82) is 0 Å². The highest BCUT2D eigenvalue weighted by atomic mass is 19.1. The van der Waals surface area contributed by atoms with Crippen molar-refractivity contribution in [3.63, 3.8) is 0 Å². The summed E-state index contributed by atoms with van der Waals surface area (Å²) in [6.45, 7) is 0. The number of aromatic nitrogens is 1. The van der Waals surface area contributed by atoms with E-state index in [2.05, 4.69) is 4.98 Å². The van der Waals surface area contributed by atoms with E-state index in [4.69, 9.17) is 14.9 Å². The van der Waals surface area contributed by atoms with Gasteiger partial charge in [-0.05, 0) is 24.3 Å². The van der Waals surface area contributed by atoms with Crippen LogP contribution in [-0.2, 0) is 0 Å². The summed E-state index contributed by atoms with van der Waals surface area (Å²) >= 11 is 0. The minimum Gasteiger partial charge on any atom is -0.497 e. The van der Waals surface area contributed by atoms with Gasteiger partial charge in [0.15, 0.2) is 5.58 Å². The molecular weight excluding hydrogens is 247 g/mol. The van der Waals surface area contributed by atoms with E-state index in [0.29, 0.717) is 34.0 Å². The number of nitrogens with two attached hydrogens (primary N) is 1. The molecule has 4 nitrogen and oxygen atoms in total. The Morgan fingerprint density at radius 3 is 2.79 bits per heavy atom. The number of rotatable bonds is 2. The van der Waals surface area contributed by atoms with E-state index in [1.54, 1.807) is 31.4 Å². The number of methoxy groups -OCH3 is 1. The summed E-state index contributed by atoms with van der Waals surface area (Å²) in [6, 6.07) is 9.40. The first-order valence-corrected chi connectivity index (χ1v) is 5.67. The van der Waals surface area contributed by atoms with Crippen LogP contribution in [0.25, 0.3) is 22.6 Å². The zero-order valence-electron chi connectivity index (χ0n) is 10.2. The highest BCUT2D eigenvalue weighted by Crippen LogP contribution is 2.31. The number of nitrogens with zero attached hydrogens (tertiary/aromatic N) is 1. The Morgan fingerprint density at radius 1 is 1.21 bits per heavy atom. The molecule has 0 radical (unpaired) electrons. The molecule has 1 aromatic heterocycles. The molecule has 2 aromatic carbocycles. The number of benzene rings is 2. The highest BCUT2D eigenvalue weighted by molar-refractivity contribution is 5.80. The summed E-state index contributed by atoms with van der Waals surface area (Å²) in [5.41, 5.74) is 8.05. The van der Waals surface area contributed by atoms with Crippen LogP contribution in [0.2, 0.25) is 0 Å². The molecule has 5 heteroatoms. The molecule has 0 fully saturated rings. The second-order valence-electron chi connectivity index (χ2n) is 4.08. The van der Waals surface area contributed by atoms with Gasteiger partial charge in [0.2, 0.25) is 5.89 Å². The molecule has 3 aromatic rings. The Bertz CT molecular complexity index is 752. The quantitative estimate of drug-likeness (QED) is 0.717. The van der Waals surface area contributed by atoms with Crippen molar-refractivity contribution in [2.45, 2.75) is 0 Å². The van der Waals surface area contributed by atoms with Crippen LogP contribution in [0.15, 0.2) is 40.8 Å². The largest absolute Gasteiger partial charge is 0.497 e. The first-order chi connectivity index (χ1) is 9.17. The lowest BCUT2D eigenvalue weighted by Crippen LogP contribution is -1.92. The van der Waals surface area contributed by atoms with Gasteiger partial charge in [-0.1, -0.05) is 0 Å². The van der Waals surface area contributed by atoms with Gasteiger partial charge in [-0.2, -0.15) is 0 Å². The Morgan fingerprint density at radius 2 is 2.05 bits per heavy atom. The Hall–Kier alpha value is -2.56. The molecule has 0 unspecified atom stereocenters. The summed E-state index contributed by atoms with van der Waals surface area (Å²) in [6.07, 6.45) is 0. The van der Waals surface area contributed by atoms with Gasteiger partial charge in [-0.15, -0.1) is 0 Å². The minimum atomic E-state index is -0.352. The van der Waals surface area contributed by atoms with Crippen molar-refractivity contribution >= 4 is 16.8 Å². The van der Waals surface area contributed by atoms with Crippen LogP contribution in [0.3, 0.4) is 0 Å². The van der Waals surface area contributed by atoms with Crippen molar-refractivity contribution in [2.75, 3.05) is 12.8 Å². The Balaban J connectivity index is 2.13. The van der Waals surface area contributed by atoms with E-state index in [1.807, 2.05) is 0 Å². The van der Waals surface area contributed by atoms with Crippen LogP contribution in [0, 0.1) is 5.82 Å². The maximum atomic E-state index is 13.1. The molecule has 0 atom stereocenters. The van der Waals surface area contributed by atoms with Crippen LogP contribution in [0.4, 0.5) is 10.1 Å². The molecule has 0 spiro atoms. The lowest BCUT2D eigenvalue weighted by Gasteiger charge is -2.04. The second kappa shape index (κ2) is 4.28. The van der Waals surface area contributed by atoms with Crippen molar-refractivity contribution in [2.24, 2.45) is 0 Å². The number of hydrogen-bond acceptors (Lipinski definition) is 4. The van der Waals surface area contributed by atoms with E-state index < -0.39 is 0 Å². The average Bonchev–Trinajstić information content (AvgIpc) is 2.81. The number of oxazole rings is 1. The number of ether oxygens (including phenoxy) is 1. The van der Waals surface area contributed by atoms with Gasteiger partial charge in [0, 0.05) is 17.8 Å². The molecule has 1 heterocycles. The molecule has 3 rings (SSSR count). The maximum Gasteiger partial charge on any atom is 0.229 e. The van der Waals surface area contributed by atoms with Gasteiger partial charge >= 0.3 is 0 Å². The average molecular weight is 258 g/mol. The van der Waals surface area contributed by atoms with Crippen LogP contribution in [0.5, 0.6) is 5.75 Å². The molecular formula is C14H11FN2O2. The number of hydrogen-bond donors (Lipinski definition) is 1. The molecule has 0 aliphatic rings. The smallest absolute Gasteiger partial charge is 0.229 e. The summed E-state index contributed by atoms with van der Waals surface area (Å²) in [7, 11) is 1.57. The van der Waals surface area contributed by atoms with Crippen molar-refractivity contribution in [3.05, 3.63) is 42.2 Å². The molecule has 0 saturated carbocycles. The van der Waals surface area contributed by atoms with E-state index in [0.717, 1.165) is 0 Å². The standard InChI is InChI=1S/C14H11FN2O2/c1-18-9-3-4-10(11(16)7-9)14-17-12-6-8(15)2-5-13(12)19-14/h2-7H,16H2,1H3. The second-order valence-corrected chi connectivity index (χ2v) is 4.08. The predicted molar refractivity (Wildman–Crippen MR) is 70.4 cm³/mol. The summed E-state index contributed by atoms with van der Waals surface area (Å²) in [4.78, 5) is 4.23. The third-order valence-corrected chi connectivity index (χ3v) is 2.84. The normalized spacial score (nSPS) is 10.8. The maximum absolute atomic E-state index is 13.1. The zero-order valence-corrected chi connectivity index (χ0v) is 10.2. The molecule has 0 aliphatic heterocycles. The first-order valence-electron chi connectivity index (χ1n) is 5.67. The number of fused-ring (bicyclic) bond motifs is 1. The van der Waals surface area contributed by atoms with E-state index >= 15 is 0 Å². The third kappa shape index (κ3) is 1.99.